The Morgan fingerprint density at radius 2 is 1.80 bits per heavy atom. The minimum atomic E-state index is -2.40. The highest BCUT2D eigenvalue weighted by Crippen LogP contribution is 2.18. The number of halogens is 3. The van der Waals surface area contributed by atoms with Gasteiger partial charge in [-0.2, -0.15) is 5.26 Å². The summed E-state index contributed by atoms with van der Waals surface area (Å²) in [5.41, 5.74) is 6.65. The van der Waals surface area contributed by atoms with Gasteiger partial charge >= 0.3 is 0 Å². The summed E-state index contributed by atoms with van der Waals surface area (Å²) in [5, 5.41) is 8.51. The molecule has 0 saturated heterocycles. The quantitative estimate of drug-likeness (QED) is 0.871. The highest BCUT2D eigenvalue weighted by molar-refractivity contribution is 5.85. The maximum absolute atomic E-state index is 12.0. The number of hydrogen-bond acceptors (Lipinski definition) is 2. The van der Waals surface area contributed by atoms with E-state index in [0.717, 1.165) is 0 Å². The first kappa shape index (κ1) is 13.8. The van der Waals surface area contributed by atoms with Crippen molar-refractivity contribution in [1.29, 1.82) is 5.26 Å². The van der Waals surface area contributed by atoms with Gasteiger partial charge in [-0.25, -0.2) is 8.78 Å². The monoisotopic (exact) mass is 232 g/mol. The Morgan fingerprint density at radius 1 is 1.27 bits per heavy atom. The topological polar surface area (TPSA) is 49.8 Å². The van der Waals surface area contributed by atoms with Crippen LogP contribution >= 0.6 is 12.4 Å². The lowest BCUT2D eigenvalue weighted by molar-refractivity contribution is 0.128. The zero-order chi connectivity index (χ0) is 10.6. The van der Waals surface area contributed by atoms with E-state index in [1.807, 2.05) is 6.07 Å². The molecule has 82 valence electrons. The molecular formula is C10H11ClF2N2. The fourth-order valence-electron chi connectivity index (χ4n) is 1.13. The summed E-state index contributed by atoms with van der Waals surface area (Å²) in [6.07, 6.45) is -2.76. The lowest BCUT2D eigenvalue weighted by Gasteiger charge is -2.10. The van der Waals surface area contributed by atoms with Crippen molar-refractivity contribution in [3.63, 3.8) is 0 Å². The predicted octanol–water partition coefficient (Wildman–Crippen LogP) is 2.64. The van der Waals surface area contributed by atoms with Crippen LogP contribution in [0, 0.1) is 11.3 Å². The molecular weight excluding hydrogens is 222 g/mol. The third kappa shape index (κ3) is 4.24. The number of nitrogens with two attached hydrogens (primary N) is 1. The standard InChI is InChI=1S/C10H10F2N2.ClH/c11-10(12)5-9(14)8-3-1-7(6-13)2-4-8;/h1-4,9-10H,5,14H2;1H/t9-;/m0./s1. The molecule has 0 spiro atoms. The molecule has 1 aromatic rings. The van der Waals surface area contributed by atoms with Crippen LogP contribution < -0.4 is 5.73 Å². The fourth-order valence-corrected chi connectivity index (χ4v) is 1.13. The Morgan fingerprint density at radius 3 is 2.20 bits per heavy atom. The van der Waals surface area contributed by atoms with Gasteiger partial charge < -0.3 is 5.73 Å². The van der Waals surface area contributed by atoms with Crippen LogP contribution in [-0.4, -0.2) is 6.43 Å². The van der Waals surface area contributed by atoms with Crippen molar-refractivity contribution in [2.45, 2.75) is 18.9 Å². The molecule has 1 aromatic carbocycles. The molecule has 5 heteroatoms. The molecule has 0 bridgehead atoms. The summed E-state index contributed by atoms with van der Waals surface area (Å²) in [4.78, 5) is 0. The van der Waals surface area contributed by atoms with Gasteiger partial charge in [-0.1, -0.05) is 12.1 Å². The van der Waals surface area contributed by atoms with Gasteiger partial charge in [0.1, 0.15) is 0 Å². The Hall–Kier alpha value is -1.18. The largest absolute Gasteiger partial charge is 0.324 e. The Kier molecular flexibility index (Phi) is 5.83. The summed E-state index contributed by atoms with van der Waals surface area (Å²) in [7, 11) is 0. The Balaban J connectivity index is 0.00000196. The van der Waals surface area contributed by atoms with E-state index in [0.29, 0.717) is 11.1 Å². The summed E-state index contributed by atoms with van der Waals surface area (Å²) >= 11 is 0. The van der Waals surface area contributed by atoms with E-state index in [4.69, 9.17) is 11.0 Å². The molecule has 2 N–H and O–H groups in total. The van der Waals surface area contributed by atoms with Crippen molar-refractivity contribution >= 4 is 12.4 Å². The molecule has 0 saturated carbocycles. The predicted molar refractivity (Wildman–Crippen MR) is 56.0 cm³/mol. The highest BCUT2D eigenvalue weighted by atomic mass is 35.5. The molecule has 0 fully saturated rings. The first-order chi connectivity index (χ1) is 6.63. The second-order valence-corrected chi connectivity index (χ2v) is 2.97. The molecule has 0 heterocycles. The minimum Gasteiger partial charge on any atom is -0.324 e. The van der Waals surface area contributed by atoms with Gasteiger partial charge in [0.2, 0.25) is 6.43 Å². The average Bonchev–Trinajstić information content (AvgIpc) is 2.17. The lowest BCUT2D eigenvalue weighted by Crippen LogP contribution is -2.13. The van der Waals surface area contributed by atoms with Crippen LogP contribution in [0.4, 0.5) is 8.78 Å². The summed E-state index contributed by atoms with van der Waals surface area (Å²) in [5.74, 6) is 0. The summed E-state index contributed by atoms with van der Waals surface area (Å²) in [6.45, 7) is 0. The van der Waals surface area contributed by atoms with Crippen molar-refractivity contribution in [3.05, 3.63) is 35.4 Å². The zero-order valence-corrected chi connectivity index (χ0v) is 8.68. The molecule has 15 heavy (non-hydrogen) atoms. The molecule has 2 nitrogen and oxygen atoms in total. The molecule has 0 aromatic heterocycles. The van der Waals surface area contributed by atoms with Gasteiger partial charge in [-0.15, -0.1) is 12.4 Å². The molecule has 0 radical (unpaired) electrons. The van der Waals surface area contributed by atoms with Crippen LogP contribution in [0.2, 0.25) is 0 Å². The number of rotatable bonds is 3. The maximum Gasteiger partial charge on any atom is 0.240 e. The third-order valence-electron chi connectivity index (χ3n) is 1.90. The minimum absolute atomic E-state index is 0. The van der Waals surface area contributed by atoms with Crippen LogP contribution in [0.15, 0.2) is 24.3 Å². The second-order valence-electron chi connectivity index (χ2n) is 2.97. The second kappa shape index (κ2) is 6.33. The first-order valence-electron chi connectivity index (χ1n) is 4.17. The van der Waals surface area contributed by atoms with E-state index in [1.165, 1.54) is 0 Å². The number of benzene rings is 1. The first-order valence-corrected chi connectivity index (χ1v) is 4.17. The normalized spacial score (nSPS) is 11.7. The zero-order valence-electron chi connectivity index (χ0n) is 7.86. The van der Waals surface area contributed by atoms with Gasteiger partial charge in [-0.05, 0) is 17.7 Å². The average molecular weight is 233 g/mol. The lowest BCUT2D eigenvalue weighted by atomic mass is 10.0. The van der Waals surface area contributed by atoms with Gasteiger partial charge in [-0.3, -0.25) is 0 Å². The van der Waals surface area contributed by atoms with E-state index < -0.39 is 12.5 Å². The van der Waals surface area contributed by atoms with E-state index in [2.05, 4.69) is 0 Å². The molecule has 0 aliphatic heterocycles. The molecule has 0 amide bonds. The highest BCUT2D eigenvalue weighted by Gasteiger charge is 2.12. The van der Waals surface area contributed by atoms with Crippen LogP contribution in [-0.2, 0) is 0 Å². The molecule has 1 rings (SSSR count). The molecule has 0 aliphatic carbocycles. The number of hydrogen-bond donors (Lipinski definition) is 1. The Labute approximate surface area is 93.1 Å². The van der Waals surface area contributed by atoms with Gasteiger partial charge in [0.05, 0.1) is 11.6 Å². The van der Waals surface area contributed by atoms with Crippen LogP contribution in [0.1, 0.15) is 23.6 Å². The van der Waals surface area contributed by atoms with Gasteiger partial charge in [0.15, 0.2) is 0 Å². The summed E-state index contributed by atoms with van der Waals surface area (Å²) < 4.78 is 24.0. The van der Waals surface area contributed by atoms with E-state index in [-0.39, 0.29) is 18.8 Å². The van der Waals surface area contributed by atoms with Gasteiger partial charge in [0, 0.05) is 12.5 Å². The van der Waals surface area contributed by atoms with Crippen molar-refractivity contribution in [2.75, 3.05) is 0 Å². The van der Waals surface area contributed by atoms with E-state index >= 15 is 0 Å². The van der Waals surface area contributed by atoms with Crippen molar-refractivity contribution in [1.82, 2.24) is 0 Å². The third-order valence-corrected chi connectivity index (χ3v) is 1.90. The SMILES string of the molecule is Cl.N#Cc1ccc([C@@H](N)CC(F)F)cc1. The fraction of sp³-hybridized carbons (Fsp3) is 0.300. The van der Waals surface area contributed by atoms with Crippen LogP contribution in [0.3, 0.4) is 0 Å². The van der Waals surface area contributed by atoms with Crippen LogP contribution in [0.25, 0.3) is 0 Å². The van der Waals surface area contributed by atoms with Crippen molar-refractivity contribution < 1.29 is 8.78 Å². The summed E-state index contributed by atoms with van der Waals surface area (Å²) in [6, 6.07) is 7.63. The van der Waals surface area contributed by atoms with E-state index in [1.54, 1.807) is 24.3 Å². The molecule has 0 aliphatic rings. The van der Waals surface area contributed by atoms with Crippen molar-refractivity contribution in [3.8, 4) is 6.07 Å². The van der Waals surface area contributed by atoms with E-state index in [9.17, 15) is 8.78 Å². The van der Waals surface area contributed by atoms with Crippen LogP contribution in [0.5, 0.6) is 0 Å². The number of nitrogens with zero attached hydrogens (tertiary/aromatic N) is 1. The van der Waals surface area contributed by atoms with Crippen molar-refractivity contribution in [2.24, 2.45) is 5.73 Å². The number of alkyl halides is 2. The molecule has 0 unspecified atom stereocenters. The maximum atomic E-state index is 12.0. The smallest absolute Gasteiger partial charge is 0.240 e. The Bertz CT molecular complexity index is 332. The number of nitriles is 1. The van der Waals surface area contributed by atoms with Gasteiger partial charge in [0.25, 0.3) is 0 Å². The molecule has 1 atom stereocenters.